The van der Waals surface area contributed by atoms with E-state index in [1.807, 2.05) is 12.1 Å². The number of ether oxygens (including phenoxy) is 2. The molecule has 2 heterocycles. The van der Waals surface area contributed by atoms with Crippen LogP contribution in [0.1, 0.15) is 5.56 Å². The first-order valence-electron chi connectivity index (χ1n) is 6.65. The van der Waals surface area contributed by atoms with Gasteiger partial charge in [-0.3, -0.25) is 0 Å². The zero-order chi connectivity index (χ0) is 13.4. The van der Waals surface area contributed by atoms with Crippen molar-refractivity contribution in [2.24, 2.45) is 0 Å². The minimum absolute atomic E-state index is 0.321. The molecular weight excluding hydrogens is 250 g/mol. The summed E-state index contributed by atoms with van der Waals surface area (Å²) in [6.45, 7) is 1.14. The van der Waals surface area contributed by atoms with Crippen molar-refractivity contribution in [1.82, 2.24) is 0 Å². The molecule has 3 nitrogen and oxygen atoms in total. The van der Waals surface area contributed by atoms with Gasteiger partial charge in [-0.25, -0.2) is 4.57 Å². The Morgan fingerprint density at radius 3 is 2.70 bits per heavy atom. The van der Waals surface area contributed by atoms with Gasteiger partial charge in [0.1, 0.15) is 0 Å². The Bertz CT molecular complexity index is 783. The van der Waals surface area contributed by atoms with Crippen molar-refractivity contribution >= 4 is 10.8 Å². The summed E-state index contributed by atoms with van der Waals surface area (Å²) in [6.07, 6.45) is 4.27. The van der Waals surface area contributed by atoms with Crippen LogP contribution in [-0.2, 0) is 6.54 Å². The molecule has 1 aromatic heterocycles. The van der Waals surface area contributed by atoms with E-state index in [4.69, 9.17) is 9.47 Å². The molecule has 0 unspecified atom stereocenters. The molecule has 0 saturated heterocycles. The molecule has 0 fully saturated rings. The van der Waals surface area contributed by atoms with Crippen LogP contribution in [0.2, 0.25) is 0 Å². The monoisotopic (exact) mass is 264 g/mol. The van der Waals surface area contributed by atoms with E-state index < -0.39 is 0 Å². The Balaban J connectivity index is 1.67. The fourth-order valence-corrected chi connectivity index (χ4v) is 2.53. The second-order valence-corrected chi connectivity index (χ2v) is 4.93. The number of rotatable bonds is 2. The van der Waals surface area contributed by atoms with Gasteiger partial charge in [0.05, 0.1) is 0 Å². The maximum absolute atomic E-state index is 5.42. The second kappa shape index (κ2) is 4.53. The topological polar surface area (TPSA) is 22.3 Å². The van der Waals surface area contributed by atoms with Crippen molar-refractivity contribution in [3.8, 4) is 11.5 Å². The summed E-state index contributed by atoms with van der Waals surface area (Å²) in [6, 6.07) is 16.6. The SMILES string of the molecule is c1ccc2c[n+](Cc3ccc4c(c3)OCO4)ccc2c1. The number of fused-ring (bicyclic) bond motifs is 2. The molecule has 0 N–H and O–H groups in total. The molecular formula is C17H14NO2+. The summed E-state index contributed by atoms with van der Waals surface area (Å²) in [5.41, 5.74) is 1.20. The first-order chi connectivity index (χ1) is 9.88. The third kappa shape index (κ3) is 1.97. The van der Waals surface area contributed by atoms with Gasteiger partial charge >= 0.3 is 0 Å². The Labute approximate surface area is 117 Å². The summed E-state index contributed by atoms with van der Waals surface area (Å²) in [5.74, 6) is 1.67. The Morgan fingerprint density at radius 1 is 0.900 bits per heavy atom. The average molecular weight is 264 g/mol. The van der Waals surface area contributed by atoms with Crippen molar-refractivity contribution in [3.05, 3.63) is 66.5 Å². The molecule has 20 heavy (non-hydrogen) atoms. The molecule has 0 amide bonds. The summed E-state index contributed by atoms with van der Waals surface area (Å²) < 4.78 is 12.9. The highest BCUT2D eigenvalue weighted by atomic mass is 16.7. The van der Waals surface area contributed by atoms with Gasteiger partial charge in [0.15, 0.2) is 30.4 Å². The van der Waals surface area contributed by atoms with E-state index in [1.165, 1.54) is 16.3 Å². The lowest BCUT2D eigenvalue weighted by Crippen LogP contribution is -2.33. The van der Waals surface area contributed by atoms with E-state index in [0.717, 1.165) is 18.0 Å². The van der Waals surface area contributed by atoms with Crippen LogP contribution in [0.25, 0.3) is 10.8 Å². The lowest BCUT2D eigenvalue weighted by Gasteiger charge is -2.01. The fourth-order valence-electron chi connectivity index (χ4n) is 2.53. The molecule has 0 bridgehead atoms. The number of hydrogen-bond donors (Lipinski definition) is 0. The van der Waals surface area contributed by atoms with Gasteiger partial charge in [-0.05, 0) is 29.7 Å². The first-order valence-corrected chi connectivity index (χ1v) is 6.65. The maximum atomic E-state index is 5.42. The van der Waals surface area contributed by atoms with Crippen LogP contribution >= 0.6 is 0 Å². The maximum Gasteiger partial charge on any atom is 0.231 e. The van der Waals surface area contributed by atoms with Crippen molar-refractivity contribution in [2.45, 2.75) is 6.54 Å². The van der Waals surface area contributed by atoms with Gasteiger partial charge in [0.25, 0.3) is 0 Å². The number of benzene rings is 2. The molecule has 0 saturated carbocycles. The molecule has 3 aromatic rings. The van der Waals surface area contributed by atoms with E-state index in [2.05, 4.69) is 53.4 Å². The average Bonchev–Trinajstić information content (AvgIpc) is 2.95. The molecule has 0 aliphatic carbocycles. The van der Waals surface area contributed by atoms with Gasteiger partial charge < -0.3 is 9.47 Å². The standard InChI is InChI=1S/C17H14NO2/c1-2-4-15-11-18(8-7-14(15)3-1)10-13-5-6-16-17(9-13)20-12-19-16/h1-9,11H,10,12H2/q+1. The van der Waals surface area contributed by atoms with Gasteiger partial charge in [-0.2, -0.15) is 0 Å². The number of aromatic nitrogens is 1. The molecule has 0 atom stereocenters. The largest absolute Gasteiger partial charge is 0.454 e. The molecule has 1 aliphatic rings. The van der Waals surface area contributed by atoms with Crippen LogP contribution in [0.3, 0.4) is 0 Å². The molecule has 2 aromatic carbocycles. The van der Waals surface area contributed by atoms with Crippen LogP contribution in [-0.4, -0.2) is 6.79 Å². The predicted molar refractivity (Wildman–Crippen MR) is 75.8 cm³/mol. The molecule has 3 heteroatoms. The molecule has 98 valence electrons. The van der Waals surface area contributed by atoms with Gasteiger partial charge in [0.2, 0.25) is 6.79 Å². The van der Waals surface area contributed by atoms with Gasteiger partial charge in [-0.15, -0.1) is 0 Å². The Kier molecular flexibility index (Phi) is 2.56. The second-order valence-electron chi connectivity index (χ2n) is 4.93. The molecule has 0 radical (unpaired) electrons. The quantitative estimate of drug-likeness (QED) is 0.664. The number of hydrogen-bond acceptors (Lipinski definition) is 2. The minimum Gasteiger partial charge on any atom is -0.454 e. The van der Waals surface area contributed by atoms with E-state index >= 15 is 0 Å². The van der Waals surface area contributed by atoms with Crippen molar-refractivity contribution < 1.29 is 14.0 Å². The Morgan fingerprint density at radius 2 is 1.75 bits per heavy atom. The third-order valence-electron chi connectivity index (χ3n) is 3.55. The molecule has 4 rings (SSSR count). The van der Waals surface area contributed by atoms with Gasteiger partial charge in [0, 0.05) is 17.0 Å². The van der Waals surface area contributed by atoms with E-state index in [0.29, 0.717) is 6.79 Å². The van der Waals surface area contributed by atoms with E-state index in [9.17, 15) is 0 Å². The van der Waals surface area contributed by atoms with Crippen LogP contribution in [0, 0.1) is 0 Å². The summed E-state index contributed by atoms with van der Waals surface area (Å²) in [5, 5.41) is 2.50. The lowest BCUT2D eigenvalue weighted by atomic mass is 10.1. The number of pyridine rings is 1. The highest BCUT2D eigenvalue weighted by Crippen LogP contribution is 2.32. The van der Waals surface area contributed by atoms with Crippen LogP contribution in [0.15, 0.2) is 60.9 Å². The first kappa shape index (κ1) is 11.3. The smallest absolute Gasteiger partial charge is 0.231 e. The van der Waals surface area contributed by atoms with Gasteiger partial charge in [-0.1, -0.05) is 18.2 Å². The normalized spacial score (nSPS) is 12.8. The summed E-state index contributed by atoms with van der Waals surface area (Å²) >= 11 is 0. The zero-order valence-electron chi connectivity index (χ0n) is 11.0. The van der Waals surface area contributed by atoms with Crippen molar-refractivity contribution in [3.63, 3.8) is 0 Å². The van der Waals surface area contributed by atoms with E-state index in [1.54, 1.807) is 0 Å². The highest BCUT2D eigenvalue weighted by molar-refractivity contribution is 5.80. The van der Waals surface area contributed by atoms with Crippen LogP contribution in [0.5, 0.6) is 11.5 Å². The number of nitrogens with zero attached hydrogens (tertiary/aromatic N) is 1. The van der Waals surface area contributed by atoms with Crippen LogP contribution in [0.4, 0.5) is 0 Å². The Hall–Kier alpha value is -2.55. The van der Waals surface area contributed by atoms with Crippen molar-refractivity contribution in [1.29, 1.82) is 0 Å². The fraction of sp³-hybridized carbons (Fsp3) is 0.118. The molecule has 1 aliphatic heterocycles. The summed E-state index contributed by atoms with van der Waals surface area (Å²) in [4.78, 5) is 0. The highest BCUT2D eigenvalue weighted by Gasteiger charge is 2.14. The lowest BCUT2D eigenvalue weighted by molar-refractivity contribution is -0.687. The third-order valence-corrected chi connectivity index (χ3v) is 3.55. The van der Waals surface area contributed by atoms with E-state index in [-0.39, 0.29) is 0 Å². The summed E-state index contributed by atoms with van der Waals surface area (Å²) in [7, 11) is 0. The van der Waals surface area contributed by atoms with Crippen molar-refractivity contribution in [2.75, 3.05) is 6.79 Å². The predicted octanol–water partition coefficient (Wildman–Crippen LogP) is 2.90. The van der Waals surface area contributed by atoms with Crippen LogP contribution < -0.4 is 14.0 Å². The molecule has 0 spiro atoms. The zero-order valence-corrected chi connectivity index (χ0v) is 11.0. The minimum atomic E-state index is 0.321.